The molecule has 1 aromatic rings. The van der Waals surface area contributed by atoms with Gasteiger partial charge in [0.05, 0.1) is 6.33 Å². The van der Waals surface area contributed by atoms with Crippen molar-refractivity contribution in [2.45, 2.75) is 13.5 Å². The number of thiocarbonyl (C=S) groups is 1. The molecule has 0 aliphatic heterocycles. The van der Waals surface area contributed by atoms with Crippen LogP contribution in [-0.4, -0.2) is 34.7 Å². The molecule has 15 heavy (non-hydrogen) atoms. The van der Waals surface area contributed by atoms with E-state index in [0.717, 1.165) is 31.9 Å². The standard InChI is InChI=1S/C9H17N5S/c1-2-12-9(15)13-4-3-10-5-8-6-11-7-14-8/h6-7,10H,2-5H2,1H3,(H,11,14)(H2,12,13,15). The number of hydrogen-bond donors (Lipinski definition) is 4. The van der Waals surface area contributed by atoms with Gasteiger partial charge in [-0.05, 0) is 19.1 Å². The van der Waals surface area contributed by atoms with E-state index >= 15 is 0 Å². The van der Waals surface area contributed by atoms with Crippen molar-refractivity contribution in [3.05, 3.63) is 18.2 Å². The lowest BCUT2D eigenvalue weighted by molar-refractivity contribution is 0.660. The van der Waals surface area contributed by atoms with Crippen LogP contribution in [0.3, 0.4) is 0 Å². The van der Waals surface area contributed by atoms with E-state index in [2.05, 4.69) is 25.9 Å². The van der Waals surface area contributed by atoms with Crippen molar-refractivity contribution >= 4 is 17.3 Å². The SMILES string of the molecule is CCNC(=S)NCCNCc1cnc[nH]1. The average Bonchev–Trinajstić information content (AvgIpc) is 2.70. The third-order valence-corrected chi connectivity index (χ3v) is 2.08. The van der Waals surface area contributed by atoms with E-state index in [1.165, 1.54) is 0 Å². The Morgan fingerprint density at radius 1 is 1.47 bits per heavy atom. The minimum absolute atomic E-state index is 0.709. The summed E-state index contributed by atoms with van der Waals surface area (Å²) < 4.78 is 0. The van der Waals surface area contributed by atoms with E-state index in [-0.39, 0.29) is 0 Å². The molecule has 0 aliphatic rings. The first-order valence-corrected chi connectivity index (χ1v) is 5.43. The van der Waals surface area contributed by atoms with Gasteiger partial charge in [0, 0.05) is 38.1 Å². The predicted molar refractivity (Wildman–Crippen MR) is 64.6 cm³/mol. The van der Waals surface area contributed by atoms with Crippen LogP contribution >= 0.6 is 12.2 Å². The summed E-state index contributed by atoms with van der Waals surface area (Å²) in [7, 11) is 0. The van der Waals surface area contributed by atoms with Crippen LogP contribution in [0.25, 0.3) is 0 Å². The highest BCUT2D eigenvalue weighted by atomic mass is 32.1. The van der Waals surface area contributed by atoms with Gasteiger partial charge in [-0.1, -0.05) is 0 Å². The Kier molecular flexibility index (Phi) is 5.72. The van der Waals surface area contributed by atoms with Gasteiger partial charge < -0.3 is 20.9 Å². The zero-order valence-electron chi connectivity index (χ0n) is 8.84. The molecule has 0 bridgehead atoms. The minimum atomic E-state index is 0.709. The van der Waals surface area contributed by atoms with Crippen LogP contribution < -0.4 is 16.0 Å². The maximum atomic E-state index is 5.02. The van der Waals surface area contributed by atoms with Crippen molar-refractivity contribution in [3.63, 3.8) is 0 Å². The largest absolute Gasteiger partial charge is 0.363 e. The predicted octanol–water partition coefficient (Wildman–Crippen LogP) is -0.0167. The lowest BCUT2D eigenvalue weighted by Crippen LogP contribution is -2.38. The molecule has 0 unspecified atom stereocenters. The molecule has 0 saturated carbocycles. The van der Waals surface area contributed by atoms with Crippen molar-refractivity contribution < 1.29 is 0 Å². The van der Waals surface area contributed by atoms with Gasteiger partial charge in [0.2, 0.25) is 0 Å². The smallest absolute Gasteiger partial charge is 0.166 e. The molecule has 0 atom stereocenters. The number of nitrogens with zero attached hydrogens (tertiary/aromatic N) is 1. The van der Waals surface area contributed by atoms with Gasteiger partial charge in [0.25, 0.3) is 0 Å². The fourth-order valence-corrected chi connectivity index (χ4v) is 1.34. The summed E-state index contributed by atoms with van der Waals surface area (Å²) in [6, 6.07) is 0. The summed E-state index contributed by atoms with van der Waals surface area (Å²) >= 11 is 5.02. The van der Waals surface area contributed by atoms with E-state index in [4.69, 9.17) is 12.2 Å². The molecule has 6 heteroatoms. The molecule has 0 aromatic carbocycles. The van der Waals surface area contributed by atoms with Crippen molar-refractivity contribution in [3.8, 4) is 0 Å². The lowest BCUT2D eigenvalue weighted by atomic mass is 10.4. The van der Waals surface area contributed by atoms with Gasteiger partial charge in [0.1, 0.15) is 0 Å². The second-order valence-electron chi connectivity index (χ2n) is 3.04. The summed E-state index contributed by atoms with van der Waals surface area (Å²) in [5.41, 5.74) is 1.09. The van der Waals surface area contributed by atoms with E-state index in [9.17, 15) is 0 Å². The van der Waals surface area contributed by atoms with Crippen LogP contribution in [0.4, 0.5) is 0 Å². The zero-order chi connectivity index (χ0) is 10.9. The first-order valence-electron chi connectivity index (χ1n) is 5.02. The number of aromatic amines is 1. The number of imidazole rings is 1. The number of rotatable bonds is 6. The quantitative estimate of drug-likeness (QED) is 0.406. The van der Waals surface area contributed by atoms with Gasteiger partial charge in [0.15, 0.2) is 5.11 Å². The maximum absolute atomic E-state index is 5.02. The van der Waals surface area contributed by atoms with Crippen LogP contribution in [0.1, 0.15) is 12.6 Å². The molecule has 0 spiro atoms. The van der Waals surface area contributed by atoms with Crippen LogP contribution in [0.5, 0.6) is 0 Å². The average molecular weight is 227 g/mol. The summed E-state index contributed by atoms with van der Waals surface area (Å²) in [4.78, 5) is 6.96. The van der Waals surface area contributed by atoms with Crippen LogP contribution in [0.2, 0.25) is 0 Å². The number of H-pyrrole nitrogens is 1. The molecule has 84 valence electrons. The van der Waals surface area contributed by atoms with Gasteiger partial charge in [-0.3, -0.25) is 0 Å². The number of aromatic nitrogens is 2. The Labute approximate surface area is 95.1 Å². The molecule has 0 fully saturated rings. The molecular formula is C9H17N5S. The molecule has 0 radical (unpaired) electrons. The topological polar surface area (TPSA) is 64.8 Å². The third-order valence-electron chi connectivity index (χ3n) is 1.79. The third kappa shape index (κ3) is 5.34. The molecule has 0 amide bonds. The highest BCUT2D eigenvalue weighted by molar-refractivity contribution is 7.80. The van der Waals surface area contributed by atoms with Gasteiger partial charge in [-0.2, -0.15) is 0 Å². The first kappa shape index (κ1) is 11.9. The molecule has 0 aliphatic carbocycles. The lowest BCUT2D eigenvalue weighted by Gasteiger charge is -2.08. The Hall–Kier alpha value is -1.14. The summed E-state index contributed by atoms with van der Waals surface area (Å²) in [6.45, 7) is 5.36. The fraction of sp³-hybridized carbons (Fsp3) is 0.556. The number of nitrogens with one attached hydrogen (secondary N) is 4. The summed E-state index contributed by atoms with van der Waals surface area (Å²) in [5, 5.41) is 10.1. The van der Waals surface area contributed by atoms with Gasteiger partial charge in [-0.15, -0.1) is 0 Å². The Morgan fingerprint density at radius 2 is 2.33 bits per heavy atom. The normalized spacial score (nSPS) is 9.93. The monoisotopic (exact) mass is 227 g/mol. The Morgan fingerprint density at radius 3 is 3.00 bits per heavy atom. The molecule has 0 saturated heterocycles. The number of hydrogen-bond acceptors (Lipinski definition) is 3. The van der Waals surface area contributed by atoms with E-state index in [0.29, 0.717) is 5.11 Å². The fourth-order valence-electron chi connectivity index (χ4n) is 1.09. The molecular weight excluding hydrogens is 210 g/mol. The molecule has 5 nitrogen and oxygen atoms in total. The maximum Gasteiger partial charge on any atom is 0.166 e. The van der Waals surface area contributed by atoms with Gasteiger partial charge in [-0.25, -0.2) is 4.98 Å². The molecule has 1 rings (SSSR count). The van der Waals surface area contributed by atoms with Crippen LogP contribution in [0.15, 0.2) is 12.5 Å². The van der Waals surface area contributed by atoms with Crippen LogP contribution in [0, 0.1) is 0 Å². The van der Waals surface area contributed by atoms with E-state index in [1.54, 1.807) is 6.33 Å². The Bertz CT molecular complexity index is 272. The van der Waals surface area contributed by atoms with Crippen molar-refractivity contribution in [2.24, 2.45) is 0 Å². The molecule has 1 heterocycles. The zero-order valence-corrected chi connectivity index (χ0v) is 9.66. The van der Waals surface area contributed by atoms with Crippen molar-refractivity contribution in [1.82, 2.24) is 25.9 Å². The Balaban J connectivity index is 1.95. The highest BCUT2D eigenvalue weighted by Crippen LogP contribution is 1.87. The van der Waals surface area contributed by atoms with Crippen molar-refractivity contribution in [2.75, 3.05) is 19.6 Å². The minimum Gasteiger partial charge on any atom is -0.363 e. The second kappa shape index (κ2) is 7.19. The molecule has 4 N–H and O–H groups in total. The van der Waals surface area contributed by atoms with Crippen molar-refractivity contribution in [1.29, 1.82) is 0 Å². The van der Waals surface area contributed by atoms with Crippen LogP contribution in [-0.2, 0) is 6.54 Å². The second-order valence-corrected chi connectivity index (χ2v) is 3.45. The molecule has 1 aromatic heterocycles. The van der Waals surface area contributed by atoms with E-state index < -0.39 is 0 Å². The summed E-state index contributed by atoms with van der Waals surface area (Å²) in [5.74, 6) is 0. The summed E-state index contributed by atoms with van der Waals surface area (Å²) in [6.07, 6.45) is 3.49. The van der Waals surface area contributed by atoms with E-state index in [1.807, 2.05) is 13.1 Å². The first-order chi connectivity index (χ1) is 7.33. The highest BCUT2D eigenvalue weighted by Gasteiger charge is 1.93. The van der Waals surface area contributed by atoms with Gasteiger partial charge >= 0.3 is 0 Å².